The molecular formula is C20H30BrClN2O. The molecule has 140 valence electrons. The van der Waals surface area contributed by atoms with Gasteiger partial charge in [-0.25, -0.2) is 0 Å². The molecule has 1 aliphatic carbocycles. The average Bonchev–Trinajstić information content (AvgIpc) is 2.62. The van der Waals surface area contributed by atoms with Crippen LogP contribution in [-0.4, -0.2) is 37.5 Å². The standard InChI is InChI=1S/C20H29BrN2O.ClH/c1-22-14-16-7-6-12-23(15-16)19(24)20(10-3-2-4-11-20)17-8-5-9-18(21)13-17;/h5,8-9,13,16,22H,2-4,6-7,10-12,14-15H2,1H3;1H. The molecule has 1 amide bonds. The third-order valence-corrected chi connectivity index (χ3v) is 6.29. The third-order valence-electron chi connectivity index (χ3n) is 5.79. The summed E-state index contributed by atoms with van der Waals surface area (Å²) in [7, 11) is 2.00. The second kappa shape index (κ2) is 9.38. The summed E-state index contributed by atoms with van der Waals surface area (Å²) in [5.41, 5.74) is 0.904. The smallest absolute Gasteiger partial charge is 0.233 e. The number of nitrogens with zero attached hydrogens (tertiary/aromatic N) is 1. The monoisotopic (exact) mass is 428 g/mol. The van der Waals surface area contributed by atoms with Crippen LogP contribution in [0.15, 0.2) is 28.7 Å². The van der Waals surface area contributed by atoms with Gasteiger partial charge in [-0.3, -0.25) is 4.79 Å². The molecule has 1 saturated heterocycles. The summed E-state index contributed by atoms with van der Waals surface area (Å²) in [6.45, 7) is 2.85. The maximum atomic E-state index is 13.6. The zero-order valence-electron chi connectivity index (χ0n) is 15.1. The molecule has 1 heterocycles. The van der Waals surface area contributed by atoms with Gasteiger partial charge in [-0.05, 0) is 62.9 Å². The van der Waals surface area contributed by atoms with Gasteiger partial charge >= 0.3 is 0 Å². The number of nitrogens with one attached hydrogen (secondary N) is 1. The van der Waals surface area contributed by atoms with Crippen LogP contribution in [0.25, 0.3) is 0 Å². The lowest BCUT2D eigenvalue weighted by Crippen LogP contribution is -2.52. The normalized spacial score (nSPS) is 23.0. The summed E-state index contributed by atoms with van der Waals surface area (Å²) in [4.78, 5) is 15.8. The van der Waals surface area contributed by atoms with Gasteiger partial charge in [-0.1, -0.05) is 47.3 Å². The van der Waals surface area contributed by atoms with Gasteiger partial charge in [0.1, 0.15) is 0 Å². The van der Waals surface area contributed by atoms with E-state index in [2.05, 4.69) is 44.3 Å². The first-order valence-electron chi connectivity index (χ1n) is 9.36. The lowest BCUT2D eigenvalue weighted by Gasteiger charge is -2.43. The van der Waals surface area contributed by atoms with Crippen LogP contribution in [0.1, 0.15) is 50.5 Å². The SMILES string of the molecule is CNCC1CCCN(C(=O)C2(c3cccc(Br)c3)CCCCC2)C1.Cl. The number of benzene rings is 1. The Morgan fingerprint density at radius 3 is 2.72 bits per heavy atom. The summed E-state index contributed by atoms with van der Waals surface area (Å²) in [5, 5.41) is 3.28. The van der Waals surface area contributed by atoms with Crippen molar-refractivity contribution in [2.45, 2.75) is 50.4 Å². The minimum Gasteiger partial charge on any atom is -0.342 e. The van der Waals surface area contributed by atoms with E-state index >= 15 is 0 Å². The summed E-state index contributed by atoms with van der Waals surface area (Å²) in [6.07, 6.45) is 7.93. The van der Waals surface area contributed by atoms with Gasteiger partial charge in [-0.2, -0.15) is 0 Å². The molecule has 1 aromatic carbocycles. The van der Waals surface area contributed by atoms with Gasteiger partial charge in [0.15, 0.2) is 0 Å². The molecule has 0 bridgehead atoms. The molecule has 1 N–H and O–H groups in total. The van der Waals surface area contributed by atoms with Gasteiger partial charge in [-0.15, -0.1) is 12.4 Å². The van der Waals surface area contributed by atoms with E-state index in [0.29, 0.717) is 11.8 Å². The molecule has 3 nitrogen and oxygen atoms in total. The average molecular weight is 430 g/mol. The maximum absolute atomic E-state index is 13.6. The highest BCUT2D eigenvalue weighted by atomic mass is 79.9. The molecule has 1 saturated carbocycles. The molecule has 0 radical (unpaired) electrons. The Morgan fingerprint density at radius 1 is 1.28 bits per heavy atom. The van der Waals surface area contributed by atoms with Crippen molar-refractivity contribution in [2.24, 2.45) is 5.92 Å². The molecule has 3 rings (SSSR count). The first-order chi connectivity index (χ1) is 11.7. The lowest BCUT2D eigenvalue weighted by molar-refractivity contribution is -0.140. The van der Waals surface area contributed by atoms with Crippen molar-refractivity contribution in [2.75, 3.05) is 26.7 Å². The summed E-state index contributed by atoms with van der Waals surface area (Å²) >= 11 is 3.60. The Balaban J connectivity index is 0.00000225. The van der Waals surface area contributed by atoms with E-state index < -0.39 is 0 Å². The fourth-order valence-electron chi connectivity index (χ4n) is 4.57. The van der Waals surface area contributed by atoms with Crippen molar-refractivity contribution in [3.8, 4) is 0 Å². The molecule has 2 aliphatic rings. The maximum Gasteiger partial charge on any atom is 0.233 e. The predicted octanol–water partition coefficient (Wildman–Crippen LogP) is 4.53. The lowest BCUT2D eigenvalue weighted by atomic mass is 9.68. The topological polar surface area (TPSA) is 32.3 Å². The number of piperidine rings is 1. The van der Waals surface area contributed by atoms with E-state index in [1.54, 1.807) is 0 Å². The Labute approximate surface area is 166 Å². The van der Waals surface area contributed by atoms with Crippen molar-refractivity contribution in [3.05, 3.63) is 34.3 Å². The number of likely N-dealkylation sites (tertiary alicyclic amines) is 1. The Kier molecular flexibility index (Phi) is 7.78. The van der Waals surface area contributed by atoms with Crippen LogP contribution < -0.4 is 5.32 Å². The Hall–Kier alpha value is -0.580. The first kappa shape index (κ1) is 20.7. The minimum atomic E-state index is -0.302. The molecule has 0 spiro atoms. The van der Waals surface area contributed by atoms with Crippen LogP contribution >= 0.6 is 28.3 Å². The largest absolute Gasteiger partial charge is 0.342 e. The number of hydrogen-bond donors (Lipinski definition) is 1. The molecule has 1 atom stereocenters. The number of hydrogen-bond acceptors (Lipinski definition) is 2. The zero-order chi connectivity index (χ0) is 17.0. The van der Waals surface area contributed by atoms with Crippen LogP contribution in [0.2, 0.25) is 0 Å². The highest BCUT2D eigenvalue weighted by Gasteiger charge is 2.44. The van der Waals surface area contributed by atoms with Crippen molar-refractivity contribution in [1.82, 2.24) is 10.2 Å². The van der Waals surface area contributed by atoms with Gasteiger partial charge in [0.05, 0.1) is 5.41 Å². The van der Waals surface area contributed by atoms with Crippen molar-refractivity contribution in [1.29, 1.82) is 0 Å². The Morgan fingerprint density at radius 2 is 2.04 bits per heavy atom. The van der Waals surface area contributed by atoms with Gasteiger partial charge < -0.3 is 10.2 Å². The number of amides is 1. The van der Waals surface area contributed by atoms with Crippen LogP contribution in [0.4, 0.5) is 0 Å². The highest BCUT2D eigenvalue weighted by molar-refractivity contribution is 9.10. The van der Waals surface area contributed by atoms with E-state index in [1.165, 1.54) is 18.4 Å². The van der Waals surface area contributed by atoms with E-state index in [-0.39, 0.29) is 17.8 Å². The van der Waals surface area contributed by atoms with Crippen LogP contribution in [0.5, 0.6) is 0 Å². The summed E-state index contributed by atoms with van der Waals surface area (Å²) in [5.74, 6) is 0.969. The fraction of sp³-hybridized carbons (Fsp3) is 0.650. The van der Waals surface area contributed by atoms with Gasteiger partial charge in [0, 0.05) is 17.6 Å². The van der Waals surface area contributed by atoms with E-state index in [9.17, 15) is 4.79 Å². The quantitative estimate of drug-likeness (QED) is 0.762. The molecule has 1 aliphatic heterocycles. The molecule has 5 heteroatoms. The number of carbonyl (C=O) groups is 1. The molecule has 1 unspecified atom stereocenters. The summed E-state index contributed by atoms with van der Waals surface area (Å²) < 4.78 is 1.07. The predicted molar refractivity (Wildman–Crippen MR) is 109 cm³/mol. The fourth-order valence-corrected chi connectivity index (χ4v) is 4.97. The molecule has 1 aromatic rings. The minimum absolute atomic E-state index is 0. The molecular weight excluding hydrogens is 400 g/mol. The molecule has 25 heavy (non-hydrogen) atoms. The number of halogens is 2. The van der Waals surface area contributed by atoms with Gasteiger partial charge in [0.2, 0.25) is 5.91 Å². The van der Waals surface area contributed by atoms with Crippen molar-refractivity contribution < 1.29 is 4.79 Å². The Bertz CT molecular complexity index is 573. The van der Waals surface area contributed by atoms with E-state index in [4.69, 9.17) is 0 Å². The van der Waals surface area contributed by atoms with Crippen LogP contribution in [0.3, 0.4) is 0 Å². The van der Waals surface area contributed by atoms with Crippen LogP contribution in [0, 0.1) is 5.92 Å². The number of rotatable bonds is 4. The van der Waals surface area contributed by atoms with Crippen LogP contribution in [-0.2, 0) is 10.2 Å². The molecule has 2 fully saturated rings. The first-order valence-corrected chi connectivity index (χ1v) is 10.1. The third kappa shape index (κ3) is 4.58. The second-order valence-electron chi connectivity index (χ2n) is 7.47. The molecule has 0 aromatic heterocycles. The van der Waals surface area contributed by atoms with Crippen molar-refractivity contribution in [3.63, 3.8) is 0 Å². The van der Waals surface area contributed by atoms with Crippen molar-refractivity contribution >= 4 is 34.2 Å². The second-order valence-corrected chi connectivity index (χ2v) is 8.39. The summed E-state index contributed by atoms with van der Waals surface area (Å²) in [6, 6.07) is 8.44. The zero-order valence-corrected chi connectivity index (χ0v) is 17.5. The number of carbonyl (C=O) groups excluding carboxylic acids is 1. The van der Waals surface area contributed by atoms with Gasteiger partial charge in [0.25, 0.3) is 0 Å². The highest BCUT2D eigenvalue weighted by Crippen LogP contribution is 2.42. The van der Waals surface area contributed by atoms with E-state index in [1.807, 2.05) is 13.1 Å². The van der Waals surface area contributed by atoms with E-state index in [0.717, 1.165) is 56.2 Å².